The Bertz CT molecular complexity index is 772. The second-order valence-corrected chi connectivity index (χ2v) is 6.64. The molecular weight excluding hydrogens is 292 g/mol. The summed E-state index contributed by atoms with van der Waals surface area (Å²) in [6.45, 7) is 5.44. The van der Waals surface area contributed by atoms with E-state index in [0.29, 0.717) is 6.04 Å². The Morgan fingerprint density at radius 3 is 2.62 bits per heavy atom. The number of fused-ring (bicyclic) bond motifs is 1. The number of rotatable bonds is 7. The van der Waals surface area contributed by atoms with Gasteiger partial charge in [0.1, 0.15) is 0 Å². The predicted molar refractivity (Wildman–Crippen MR) is 102 cm³/mol. The van der Waals surface area contributed by atoms with Crippen LogP contribution in [0.4, 0.5) is 0 Å². The Morgan fingerprint density at radius 2 is 1.79 bits per heavy atom. The molecule has 3 rings (SSSR count). The van der Waals surface area contributed by atoms with Crippen LogP contribution in [-0.4, -0.2) is 17.6 Å². The molecule has 0 saturated heterocycles. The van der Waals surface area contributed by atoms with Crippen molar-refractivity contribution < 1.29 is 0 Å². The van der Waals surface area contributed by atoms with E-state index in [4.69, 9.17) is 0 Å². The maximum atomic E-state index is 4.44. The van der Waals surface area contributed by atoms with Gasteiger partial charge >= 0.3 is 0 Å². The van der Waals surface area contributed by atoms with Crippen molar-refractivity contribution >= 4 is 10.9 Å². The van der Waals surface area contributed by atoms with Gasteiger partial charge in [-0.2, -0.15) is 0 Å². The lowest BCUT2D eigenvalue weighted by molar-refractivity contribution is 0.534. The van der Waals surface area contributed by atoms with E-state index in [9.17, 15) is 0 Å². The molecule has 0 spiro atoms. The van der Waals surface area contributed by atoms with Crippen molar-refractivity contribution in [1.82, 2.24) is 10.3 Å². The van der Waals surface area contributed by atoms with Crippen molar-refractivity contribution in [3.05, 3.63) is 77.5 Å². The first-order valence-electron chi connectivity index (χ1n) is 8.84. The molecule has 0 aliphatic rings. The Balaban J connectivity index is 1.47. The maximum absolute atomic E-state index is 4.44. The monoisotopic (exact) mass is 318 g/mol. The minimum atomic E-state index is 0.502. The molecule has 1 aromatic heterocycles. The number of benzene rings is 2. The minimum absolute atomic E-state index is 0.502. The van der Waals surface area contributed by atoms with Crippen LogP contribution in [0, 0.1) is 6.92 Å². The highest BCUT2D eigenvalue weighted by molar-refractivity contribution is 5.81. The lowest BCUT2D eigenvalue weighted by atomic mass is 10.0. The van der Waals surface area contributed by atoms with Gasteiger partial charge in [0.2, 0.25) is 0 Å². The summed E-state index contributed by atoms with van der Waals surface area (Å²) in [6.07, 6.45) is 5.24. The van der Waals surface area contributed by atoms with Crippen molar-refractivity contribution in [3.63, 3.8) is 0 Å². The van der Waals surface area contributed by atoms with E-state index in [1.54, 1.807) is 0 Å². The van der Waals surface area contributed by atoms with E-state index in [1.807, 2.05) is 12.3 Å². The molecule has 1 N–H and O–H groups in total. The van der Waals surface area contributed by atoms with Crippen LogP contribution in [0.15, 0.2) is 60.8 Å². The SMILES string of the molecule is Cc1ccc(CC(C)NCCCc2ccnc3ccccc23)cc1. The summed E-state index contributed by atoms with van der Waals surface area (Å²) in [5.41, 5.74) is 5.22. The van der Waals surface area contributed by atoms with Crippen molar-refractivity contribution in [3.8, 4) is 0 Å². The standard InChI is InChI=1S/C22H26N2/c1-17-9-11-19(12-10-17)16-18(2)23-14-5-6-20-13-15-24-22-8-4-3-7-21(20)22/h3-4,7-13,15,18,23H,5-6,14,16H2,1-2H3. The summed E-state index contributed by atoms with van der Waals surface area (Å²) < 4.78 is 0. The molecule has 0 amide bonds. The van der Waals surface area contributed by atoms with Crippen molar-refractivity contribution in [1.29, 1.82) is 0 Å². The van der Waals surface area contributed by atoms with Gasteiger partial charge in [-0.1, -0.05) is 48.0 Å². The zero-order valence-corrected chi connectivity index (χ0v) is 14.6. The van der Waals surface area contributed by atoms with Gasteiger partial charge in [0.05, 0.1) is 5.52 Å². The molecule has 2 heteroatoms. The molecule has 1 atom stereocenters. The van der Waals surface area contributed by atoms with E-state index >= 15 is 0 Å². The summed E-state index contributed by atoms with van der Waals surface area (Å²) in [7, 11) is 0. The first-order chi connectivity index (χ1) is 11.7. The zero-order valence-electron chi connectivity index (χ0n) is 14.6. The van der Waals surface area contributed by atoms with Crippen LogP contribution >= 0.6 is 0 Å². The van der Waals surface area contributed by atoms with Crippen molar-refractivity contribution in [2.75, 3.05) is 6.54 Å². The van der Waals surface area contributed by atoms with Crippen LogP contribution < -0.4 is 5.32 Å². The number of pyridine rings is 1. The molecular formula is C22H26N2. The van der Waals surface area contributed by atoms with E-state index in [0.717, 1.165) is 31.3 Å². The second kappa shape index (κ2) is 8.07. The molecule has 2 nitrogen and oxygen atoms in total. The van der Waals surface area contributed by atoms with Gasteiger partial charge in [0.25, 0.3) is 0 Å². The molecule has 2 aromatic carbocycles. The topological polar surface area (TPSA) is 24.9 Å². The number of aromatic nitrogens is 1. The van der Waals surface area contributed by atoms with Crippen LogP contribution in [-0.2, 0) is 12.8 Å². The third-order valence-corrected chi connectivity index (χ3v) is 4.52. The number of nitrogens with one attached hydrogen (secondary N) is 1. The highest BCUT2D eigenvalue weighted by Gasteiger charge is 2.04. The van der Waals surface area contributed by atoms with Gasteiger partial charge in [0.15, 0.2) is 0 Å². The number of hydrogen-bond acceptors (Lipinski definition) is 2. The van der Waals surface area contributed by atoms with Crippen molar-refractivity contribution in [2.45, 2.75) is 39.2 Å². The summed E-state index contributed by atoms with van der Waals surface area (Å²) in [5, 5.41) is 4.93. The number of para-hydroxylation sites is 1. The molecule has 0 radical (unpaired) electrons. The van der Waals surface area contributed by atoms with Crippen LogP contribution in [0.3, 0.4) is 0 Å². The summed E-state index contributed by atoms with van der Waals surface area (Å²) in [6, 6.07) is 19.9. The van der Waals surface area contributed by atoms with Gasteiger partial charge in [0, 0.05) is 17.6 Å². The Hall–Kier alpha value is -2.19. The molecule has 1 heterocycles. The summed E-state index contributed by atoms with van der Waals surface area (Å²) >= 11 is 0. The molecule has 0 aliphatic carbocycles. The fourth-order valence-electron chi connectivity index (χ4n) is 3.15. The Kier molecular flexibility index (Phi) is 5.60. The number of hydrogen-bond donors (Lipinski definition) is 1. The number of aryl methyl sites for hydroxylation is 2. The highest BCUT2D eigenvalue weighted by Crippen LogP contribution is 2.17. The first-order valence-corrected chi connectivity index (χ1v) is 8.84. The van der Waals surface area contributed by atoms with Crippen molar-refractivity contribution in [2.24, 2.45) is 0 Å². The smallest absolute Gasteiger partial charge is 0.0704 e. The van der Waals surface area contributed by atoms with Gasteiger partial charge in [-0.15, -0.1) is 0 Å². The fourth-order valence-corrected chi connectivity index (χ4v) is 3.15. The summed E-state index contributed by atoms with van der Waals surface area (Å²) in [4.78, 5) is 4.44. The summed E-state index contributed by atoms with van der Waals surface area (Å²) in [5.74, 6) is 0. The van der Waals surface area contributed by atoms with Gasteiger partial charge in [-0.25, -0.2) is 0 Å². The first kappa shape index (κ1) is 16.7. The van der Waals surface area contributed by atoms with Gasteiger partial charge in [-0.3, -0.25) is 4.98 Å². The molecule has 1 unspecified atom stereocenters. The largest absolute Gasteiger partial charge is 0.314 e. The fraction of sp³-hybridized carbons (Fsp3) is 0.318. The predicted octanol–water partition coefficient (Wildman–Crippen LogP) is 4.70. The van der Waals surface area contributed by atoms with Gasteiger partial charge < -0.3 is 5.32 Å². The average Bonchev–Trinajstić information content (AvgIpc) is 2.61. The Morgan fingerprint density at radius 1 is 1.00 bits per heavy atom. The zero-order chi connectivity index (χ0) is 16.8. The molecule has 0 fully saturated rings. The Labute approximate surface area is 144 Å². The minimum Gasteiger partial charge on any atom is -0.314 e. The highest BCUT2D eigenvalue weighted by atomic mass is 14.9. The molecule has 124 valence electrons. The average molecular weight is 318 g/mol. The van der Waals surface area contributed by atoms with Crippen LogP contribution in [0.2, 0.25) is 0 Å². The normalized spacial score (nSPS) is 12.4. The molecule has 3 aromatic rings. The molecule has 0 aliphatic heterocycles. The van der Waals surface area contributed by atoms with Crippen LogP contribution in [0.1, 0.15) is 30.0 Å². The van der Waals surface area contributed by atoms with E-state index in [2.05, 4.69) is 72.7 Å². The third kappa shape index (κ3) is 4.42. The quantitative estimate of drug-likeness (QED) is 0.639. The maximum Gasteiger partial charge on any atom is 0.0704 e. The van der Waals surface area contributed by atoms with Crippen LogP contribution in [0.5, 0.6) is 0 Å². The van der Waals surface area contributed by atoms with Gasteiger partial charge in [-0.05, 0) is 62.9 Å². The lowest BCUT2D eigenvalue weighted by Crippen LogP contribution is -2.29. The molecule has 0 saturated carbocycles. The van der Waals surface area contributed by atoms with E-state index in [-0.39, 0.29) is 0 Å². The molecule has 0 bridgehead atoms. The lowest BCUT2D eigenvalue weighted by Gasteiger charge is -2.14. The molecule has 24 heavy (non-hydrogen) atoms. The van der Waals surface area contributed by atoms with Crippen LogP contribution in [0.25, 0.3) is 10.9 Å². The third-order valence-electron chi connectivity index (χ3n) is 4.52. The number of nitrogens with zero attached hydrogens (tertiary/aromatic N) is 1. The van der Waals surface area contributed by atoms with E-state index in [1.165, 1.54) is 22.1 Å². The van der Waals surface area contributed by atoms with E-state index < -0.39 is 0 Å². The second-order valence-electron chi connectivity index (χ2n) is 6.64.